The van der Waals surface area contributed by atoms with E-state index >= 15 is 0 Å². The van der Waals surface area contributed by atoms with E-state index in [-0.39, 0.29) is 12.5 Å². The maximum absolute atomic E-state index is 12.7. The number of imide groups is 1. The van der Waals surface area contributed by atoms with E-state index in [0.717, 1.165) is 18.4 Å². The molecule has 0 spiro atoms. The van der Waals surface area contributed by atoms with Crippen molar-refractivity contribution in [2.24, 2.45) is 5.92 Å². The Kier molecular flexibility index (Phi) is 8.00. The van der Waals surface area contributed by atoms with Gasteiger partial charge in [-0.2, -0.15) is 0 Å². The maximum atomic E-state index is 12.7. The normalized spacial score (nSPS) is 15.8. The summed E-state index contributed by atoms with van der Waals surface area (Å²) in [6, 6.07) is 4.62. The summed E-state index contributed by atoms with van der Waals surface area (Å²) in [5.74, 6) is -0.309. The lowest BCUT2D eigenvalue weighted by Crippen LogP contribution is -2.42. The number of carbonyl (C=O) groups is 2. The van der Waals surface area contributed by atoms with Crippen LogP contribution in [0.15, 0.2) is 18.2 Å². The third-order valence-corrected chi connectivity index (χ3v) is 5.30. The number of urea groups is 1. The maximum Gasteiger partial charge on any atom is 0.321 e. The molecule has 3 amide bonds. The fourth-order valence-corrected chi connectivity index (χ4v) is 3.53. The molecular formula is C18H24Cl2N2O3. The zero-order chi connectivity index (χ0) is 18.2. The summed E-state index contributed by atoms with van der Waals surface area (Å²) in [5, 5.41) is 14.5. The molecule has 5 nitrogen and oxygen atoms in total. The van der Waals surface area contributed by atoms with Gasteiger partial charge in [-0.05, 0) is 36.5 Å². The van der Waals surface area contributed by atoms with Crippen LogP contribution in [0.2, 0.25) is 10.0 Å². The van der Waals surface area contributed by atoms with Crippen LogP contribution in [-0.2, 0) is 4.79 Å². The molecule has 7 heteroatoms. The van der Waals surface area contributed by atoms with Crippen LogP contribution in [0.25, 0.3) is 0 Å². The van der Waals surface area contributed by atoms with Crippen molar-refractivity contribution in [3.8, 4) is 0 Å². The molecule has 1 saturated carbocycles. The van der Waals surface area contributed by atoms with E-state index in [2.05, 4.69) is 10.6 Å². The van der Waals surface area contributed by atoms with Crippen molar-refractivity contribution >= 4 is 35.1 Å². The summed E-state index contributed by atoms with van der Waals surface area (Å²) in [5.41, 5.74) is 0.766. The summed E-state index contributed by atoms with van der Waals surface area (Å²) in [6.45, 7) is 0.303. The van der Waals surface area contributed by atoms with Crippen molar-refractivity contribution in [1.29, 1.82) is 0 Å². The van der Waals surface area contributed by atoms with Gasteiger partial charge in [0.2, 0.25) is 5.91 Å². The molecule has 0 radical (unpaired) electrons. The van der Waals surface area contributed by atoms with Gasteiger partial charge in [0.25, 0.3) is 0 Å². The largest absolute Gasteiger partial charge is 0.396 e. The minimum Gasteiger partial charge on any atom is -0.396 e. The van der Waals surface area contributed by atoms with Gasteiger partial charge in [-0.15, -0.1) is 0 Å². The average Bonchev–Trinajstić information content (AvgIpc) is 3.08. The summed E-state index contributed by atoms with van der Waals surface area (Å²) < 4.78 is 0. The number of nitrogens with one attached hydrogen (secondary N) is 2. The summed E-state index contributed by atoms with van der Waals surface area (Å²) in [7, 11) is 0. The highest BCUT2D eigenvalue weighted by atomic mass is 35.5. The van der Waals surface area contributed by atoms with Crippen LogP contribution in [0.3, 0.4) is 0 Å². The van der Waals surface area contributed by atoms with Crippen molar-refractivity contribution in [1.82, 2.24) is 10.6 Å². The Morgan fingerprint density at radius 1 is 1.20 bits per heavy atom. The van der Waals surface area contributed by atoms with Crippen LogP contribution in [-0.4, -0.2) is 30.2 Å². The molecule has 1 atom stereocenters. The predicted octanol–water partition coefficient (Wildman–Crippen LogP) is 3.87. The lowest BCUT2D eigenvalue weighted by atomic mass is 9.87. The second-order valence-corrected chi connectivity index (χ2v) is 7.25. The Labute approximate surface area is 158 Å². The van der Waals surface area contributed by atoms with Crippen LogP contribution >= 0.6 is 23.2 Å². The molecule has 0 aromatic heterocycles. The highest BCUT2D eigenvalue weighted by Crippen LogP contribution is 2.36. The van der Waals surface area contributed by atoms with Crippen LogP contribution in [0.5, 0.6) is 0 Å². The van der Waals surface area contributed by atoms with Gasteiger partial charge in [0.05, 0.1) is 16.0 Å². The van der Waals surface area contributed by atoms with Crippen molar-refractivity contribution in [2.45, 2.75) is 44.4 Å². The highest BCUT2D eigenvalue weighted by molar-refractivity contribution is 6.42. The molecule has 0 bridgehead atoms. The van der Waals surface area contributed by atoms with Crippen molar-refractivity contribution in [3.05, 3.63) is 33.8 Å². The Morgan fingerprint density at radius 3 is 2.56 bits per heavy atom. The van der Waals surface area contributed by atoms with E-state index in [1.54, 1.807) is 18.2 Å². The van der Waals surface area contributed by atoms with Gasteiger partial charge < -0.3 is 10.4 Å². The standard InChI is InChI=1S/C18H24Cl2N2O3/c19-15-7-6-13(11-16(15)20)14(10-12-4-1-2-5-12)17(24)22-18(25)21-8-3-9-23/h6-7,11-12,14,23H,1-5,8-10H2,(H2,21,22,24,25)/t14-/m0/s1. The number of amides is 3. The molecule has 1 aliphatic carbocycles. The number of aliphatic hydroxyl groups excluding tert-OH is 1. The van der Waals surface area contributed by atoms with Crippen molar-refractivity contribution in [3.63, 3.8) is 0 Å². The molecule has 1 aromatic carbocycles. The zero-order valence-electron chi connectivity index (χ0n) is 14.1. The van der Waals surface area contributed by atoms with Gasteiger partial charge in [-0.1, -0.05) is 55.0 Å². The lowest BCUT2D eigenvalue weighted by Gasteiger charge is -2.21. The topological polar surface area (TPSA) is 78.4 Å². The molecule has 1 aliphatic rings. The predicted molar refractivity (Wildman–Crippen MR) is 99.0 cm³/mol. The van der Waals surface area contributed by atoms with E-state index < -0.39 is 11.9 Å². The van der Waals surface area contributed by atoms with Gasteiger partial charge in [0.1, 0.15) is 0 Å². The summed E-state index contributed by atoms with van der Waals surface area (Å²) >= 11 is 12.1. The first-order chi connectivity index (χ1) is 12.0. The van der Waals surface area contributed by atoms with Gasteiger partial charge in [-0.3, -0.25) is 10.1 Å². The third kappa shape index (κ3) is 6.17. The SMILES string of the molecule is O=C(NCCCO)NC(=O)[C@@H](CC1CCCC1)c1ccc(Cl)c(Cl)c1. The number of carbonyl (C=O) groups excluding carboxylic acids is 2. The van der Waals surface area contributed by atoms with Gasteiger partial charge >= 0.3 is 6.03 Å². The molecule has 0 unspecified atom stereocenters. The number of rotatable bonds is 7. The summed E-state index contributed by atoms with van der Waals surface area (Å²) in [6.07, 6.45) is 5.71. The van der Waals surface area contributed by atoms with E-state index in [4.69, 9.17) is 28.3 Å². The van der Waals surface area contributed by atoms with Gasteiger partial charge in [0.15, 0.2) is 0 Å². The quantitative estimate of drug-likeness (QED) is 0.622. The van der Waals surface area contributed by atoms with Gasteiger partial charge in [0, 0.05) is 13.2 Å². The first-order valence-corrected chi connectivity index (χ1v) is 9.41. The molecule has 3 N–H and O–H groups in total. The Balaban J connectivity index is 2.08. The Morgan fingerprint density at radius 2 is 1.92 bits per heavy atom. The highest BCUT2D eigenvalue weighted by Gasteiger charge is 2.28. The minimum atomic E-state index is -0.546. The molecule has 2 rings (SSSR count). The molecule has 138 valence electrons. The number of halogens is 2. The third-order valence-electron chi connectivity index (χ3n) is 4.56. The molecule has 1 aromatic rings. The van der Waals surface area contributed by atoms with E-state index in [9.17, 15) is 9.59 Å². The van der Waals surface area contributed by atoms with Gasteiger partial charge in [-0.25, -0.2) is 4.79 Å². The van der Waals surface area contributed by atoms with Crippen LogP contribution < -0.4 is 10.6 Å². The first kappa shape index (κ1) is 20.0. The monoisotopic (exact) mass is 386 g/mol. The second kappa shape index (κ2) is 10.00. The number of benzene rings is 1. The molecular weight excluding hydrogens is 363 g/mol. The van der Waals surface area contributed by atoms with E-state index in [1.807, 2.05) is 0 Å². The summed E-state index contributed by atoms with van der Waals surface area (Å²) in [4.78, 5) is 24.5. The average molecular weight is 387 g/mol. The van der Waals surface area contributed by atoms with E-state index in [1.165, 1.54) is 12.8 Å². The lowest BCUT2D eigenvalue weighted by molar-refractivity contribution is -0.121. The number of hydrogen-bond donors (Lipinski definition) is 3. The smallest absolute Gasteiger partial charge is 0.321 e. The Bertz CT molecular complexity index is 604. The fraction of sp³-hybridized carbons (Fsp3) is 0.556. The van der Waals surface area contributed by atoms with Crippen LogP contribution in [0.4, 0.5) is 4.79 Å². The van der Waals surface area contributed by atoms with E-state index in [0.29, 0.717) is 35.3 Å². The molecule has 1 fully saturated rings. The molecule has 0 heterocycles. The van der Waals surface area contributed by atoms with Crippen molar-refractivity contribution < 1.29 is 14.7 Å². The van der Waals surface area contributed by atoms with Crippen molar-refractivity contribution in [2.75, 3.05) is 13.2 Å². The van der Waals surface area contributed by atoms with Crippen LogP contribution in [0.1, 0.15) is 50.0 Å². The number of aliphatic hydroxyl groups is 1. The first-order valence-electron chi connectivity index (χ1n) is 8.65. The zero-order valence-corrected chi connectivity index (χ0v) is 15.6. The molecule has 25 heavy (non-hydrogen) atoms. The molecule has 0 aliphatic heterocycles. The Hall–Kier alpha value is -1.30. The fourth-order valence-electron chi connectivity index (χ4n) is 3.23. The second-order valence-electron chi connectivity index (χ2n) is 6.43. The molecule has 0 saturated heterocycles. The van der Waals surface area contributed by atoms with Crippen LogP contribution in [0, 0.1) is 5.92 Å². The number of hydrogen-bond acceptors (Lipinski definition) is 3. The minimum absolute atomic E-state index is 0.0121.